The van der Waals surface area contributed by atoms with Gasteiger partial charge >= 0.3 is 7.60 Å². The van der Waals surface area contributed by atoms with E-state index >= 15 is 0 Å². The van der Waals surface area contributed by atoms with Gasteiger partial charge in [-0.1, -0.05) is 44.2 Å². The molecule has 0 fully saturated rings. The maximum atomic E-state index is 12.7. The number of amides is 1. The van der Waals surface area contributed by atoms with Crippen LogP contribution in [0.25, 0.3) is 10.8 Å². The average molecular weight is 476 g/mol. The van der Waals surface area contributed by atoms with E-state index in [4.69, 9.17) is 0 Å². The number of sulfonamides is 1. The summed E-state index contributed by atoms with van der Waals surface area (Å²) in [5, 5.41) is 4.22. The summed E-state index contributed by atoms with van der Waals surface area (Å²) in [6.45, 7) is 3.54. The van der Waals surface area contributed by atoms with E-state index in [-0.39, 0.29) is 22.9 Å². The Labute approximate surface area is 186 Å². The SMILES string of the molecule is CC(C)CC(C(=O)Nc1ccc(NS(=O)(=O)c2ccc3ccccc3c2)cc1)P(=O)(O)O. The molecule has 0 radical (unpaired) electrons. The molecule has 32 heavy (non-hydrogen) atoms. The van der Waals surface area contributed by atoms with Crippen molar-refractivity contribution < 1.29 is 27.6 Å². The average Bonchev–Trinajstić information content (AvgIpc) is 2.72. The molecule has 1 atom stereocenters. The molecule has 0 aliphatic heterocycles. The Morgan fingerprint density at radius 3 is 2.12 bits per heavy atom. The van der Waals surface area contributed by atoms with Crippen LogP contribution in [0.15, 0.2) is 71.6 Å². The van der Waals surface area contributed by atoms with Crippen LogP contribution >= 0.6 is 7.60 Å². The van der Waals surface area contributed by atoms with Crippen LogP contribution in [0.2, 0.25) is 0 Å². The van der Waals surface area contributed by atoms with Crippen LogP contribution in [0, 0.1) is 5.92 Å². The molecule has 0 bridgehead atoms. The lowest BCUT2D eigenvalue weighted by Gasteiger charge is -2.19. The van der Waals surface area contributed by atoms with Gasteiger partial charge in [0.05, 0.1) is 4.90 Å². The number of hydrogen-bond donors (Lipinski definition) is 4. The third-order valence-corrected chi connectivity index (χ3v) is 7.48. The van der Waals surface area contributed by atoms with Crippen molar-refractivity contribution in [3.8, 4) is 0 Å². The summed E-state index contributed by atoms with van der Waals surface area (Å²) < 4.78 is 39.7. The first-order chi connectivity index (χ1) is 15.0. The predicted octanol–water partition coefficient (Wildman–Crippen LogP) is 4.17. The summed E-state index contributed by atoms with van der Waals surface area (Å²) in [4.78, 5) is 31.5. The van der Waals surface area contributed by atoms with Crippen LogP contribution in [-0.2, 0) is 19.4 Å². The van der Waals surface area contributed by atoms with Crippen molar-refractivity contribution in [3.05, 3.63) is 66.7 Å². The van der Waals surface area contributed by atoms with Crippen LogP contribution in [0.1, 0.15) is 20.3 Å². The van der Waals surface area contributed by atoms with Crippen molar-refractivity contribution in [1.82, 2.24) is 0 Å². The second-order valence-electron chi connectivity index (χ2n) is 7.92. The Balaban J connectivity index is 1.73. The van der Waals surface area contributed by atoms with Gasteiger partial charge in [-0.15, -0.1) is 0 Å². The van der Waals surface area contributed by atoms with E-state index in [0.29, 0.717) is 5.69 Å². The second kappa shape index (κ2) is 9.42. The van der Waals surface area contributed by atoms with Gasteiger partial charge in [0.25, 0.3) is 10.0 Å². The number of fused-ring (bicyclic) bond motifs is 1. The Hall–Kier alpha value is -2.71. The second-order valence-corrected chi connectivity index (χ2v) is 11.4. The Morgan fingerprint density at radius 1 is 0.938 bits per heavy atom. The third kappa shape index (κ3) is 5.95. The fourth-order valence-electron chi connectivity index (χ4n) is 3.24. The predicted molar refractivity (Wildman–Crippen MR) is 125 cm³/mol. The van der Waals surface area contributed by atoms with E-state index in [1.807, 2.05) is 24.3 Å². The Kier molecular flexibility index (Phi) is 7.05. The Morgan fingerprint density at radius 2 is 1.53 bits per heavy atom. The normalized spacial score (nSPS) is 13.2. The molecular weight excluding hydrogens is 451 g/mol. The number of carbonyl (C=O) groups is 1. The molecule has 10 heteroatoms. The molecule has 3 aromatic rings. The van der Waals surface area contributed by atoms with E-state index in [2.05, 4.69) is 10.0 Å². The van der Waals surface area contributed by atoms with Crippen molar-refractivity contribution in [2.45, 2.75) is 30.8 Å². The first-order valence-corrected chi connectivity index (χ1v) is 13.1. The molecule has 1 amide bonds. The molecule has 0 spiro atoms. The van der Waals surface area contributed by atoms with Crippen LogP contribution in [0.3, 0.4) is 0 Å². The van der Waals surface area contributed by atoms with Gasteiger partial charge in [0.2, 0.25) is 5.91 Å². The van der Waals surface area contributed by atoms with Crippen LogP contribution < -0.4 is 10.0 Å². The maximum Gasteiger partial charge on any atom is 0.337 e. The summed E-state index contributed by atoms with van der Waals surface area (Å²) in [5.74, 6) is -0.859. The summed E-state index contributed by atoms with van der Waals surface area (Å²) in [6.07, 6.45) is 0.0414. The highest BCUT2D eigenvalue weighted by atomic mass is 32.2. The smallest absolute Gasteiger partial charge is 0.325 e. The first-order valence-electron chi connectivity index (χ1n) is 9.93. The zero-order valence-corrected chi connectivity index (χ0v) is 19.3. The molecule has 170 valence electrons. The molecule has 0 aliphatic rings. The fraction of sp³-hybridized carbons (Fsp3) is 0.227. The van der Waals surface area contributed by atoms with Gasteiger partial charge in [-0.2, -0.15) is 0 Å². The number of nitrogens with one attached hydrogen (secondary N) is 2. The number of benzene rings is 3. The highest BCUT2D eigenvalue weighted by Gasteiger charge is 2.36. The van der Waals surface area contributed by atoms with Crippen molar-refractivity contribution in [3.63, 3.8) is 0 Å². The van der Waals surface area contributed by atoms with Crippen LogP contribution in [0.5, 0.6) is 0 Å². The van der Waals surface area contributed by atoms with E-state index in [9.17, 15) is 27.6 Å². The number of hydrogen-bond acceptors (Lipinski definition) is 4. The lowest BCUT2D eigenvalue weighted by Crippen LogP contribution is -2.29. The number of anilines is 2. The summed E-state index contributed by atoms with van der Waals surface area (Å²) >= 11 is 0. The molecule has 1 unspecified atom stereocenters. The largest absolute Gasteiger partial charge is 0.337 e. The molecule has 0 saturated carbocycles. The van der Waals surface area contributed by atoms with E-state index in [1.165, 1.54) is 30.3 Å². The minimum absolute atomic E-state index is 0.0414. The third-order valence-electron chi connectivity index (χ3n) is 4.84. The van der Waals surface area contributed by atoms with Gasteiger partial charge in [0.15, 0.2) is 0 Å². The lowest BCUT2D eigenvalue weighted by molar-refractivity contribution is -0.116. The highest BCUT2D eigenvalue weighted by molar-refractivity contribution is 7.92. The van der Waals surface area contributed by atoms with Crippen LogP contribution in [-0.4, -0.2) is 29.8 Å². The topological polar surface area (TPSA) is 133 Å². The number of rotatable bonds is 8. The summed E-state index contributed by atoms with van der Waals surface area (Å²) in [7, 11) is -8.44. The van der Waals surface area contributed by atoms with Crippen molar-refractivity contribution in [1.29, 1.82) is 0 Å². The van der Waals surface area contributed by atoms with Crippen LogP contribution in [0.4, 0.5) is 11.4 Å². The van der Waals surface area contributed by atoms with E-state index in [0.717, 1.165) is 10.8 Å². The highest BCUT2D eigenvalue weighted by Crippen LogP contribution is 2.44. The van der Waals surface area contributed by atoms with E-state index in [1.54, 1.807) is 26.0 Å². The molecule has 8 nitrogen and oxygen atoms in total. The molecule has 3 rings (SSSR count). The zero-order valence-electron chi connectivity index (χ0n) is 17.6. The monoisotopic (exact) mass is 476 g/mol. The summed E-state index contributed by atoms with van der Waals surface area (Å²) in [5.41, 5.74) is -0.871. The lowest BCUT2D eigenvalue weighted by atomic mass is 10.1. The zero-order chi connectivity index (χ0) is 23.5. The molecule has 0 heterocycles. The Bertz CT molecular complexity index is 1270. The molecular formula is C22H25N2O6PS. The van der Waals surface area contributed by atoms with Crippen molar-refractivity contribution in [2.75, 3.05) is 10.0 Å². The standard InChI is InChI=1S/C22H25N2O6PS/c1-15(2)13-21(31(26,27)28)22(25)23-18-8-10-19(11-9-18)24-32(29,30)20-12-7-16-5-3-4-6-17(16)14-20/h3-12,14-15,21,24H,13H2,1-2H3,(H,23,25)(H2,26,27,28). The number of carbonyl (C=O) groups excluding carboxylic acids is 1. The molecule has 0 aromatic heterocycles. The quantitative estimate of drug-likeness (QED) is 0.361. The molecule has 0 saturated heterocycles. The molecule has 0 aliphatic carbocycles. The fourth-order valence-corrected chi connectivity index (χ4v) is 5.40. The van der Waals surface area contributed by atoms with Gasteiger partial charge in [-0.25, -0.2) is 8.42 Å². The van der Waals surface area contributed by atoms with Gasteiger partial charge < -0.3 is 15.1 Å². The molecule has 3 aromatic carbocycles. The van der Waals surface area contributed by atoms with Crippen molar-refractivity contribution >= 4 is 45.7 Å². The van der Waals surface area contributed by atoms with Gasteiger partial charge in [0, 0.05) is 11.4 Å². The first kappa shape index (κ1) is 23.9. The van der Waals surface area contributed by atoms with Gasteiger partial charge in [0.1, 0.15) is 5.66 Å². The van der Waals surface area contributed by atoms with Gasteiger partial charge in [-0.05, 0) is 59.5 Å². The summed E-state index contributed by atoms with van der Waals surface area (Å²) in [6, 6.07) is 18.1. The minimum atomic E-state index is -4.62. The maximum absolute atomic E-state index is 12.7. The van der Waals surface area contributed by atoms with Gasteiger partial charge in [-0.3, -0.25) is 14.1 Å². The van der Waals surface area contributed by atoms with Crippen molar-refractivity contribution in [2.24, 2.45) is 5.92 Å². The minimum Gasteiger partial charge on any atom is -0.325 e. The molecule has 4 N–H and O–H groups in total. The van der Waals surface area contributed by atoms with E-state index < -0.39 is 29.2 Å².